The Balaban J connectivity index is 1.66. The first-order valence-corrected chi connectivity index (χ1v) is 15.6. The molecule has 8 heteroatoms. The van der Waals surface area contributed by atoms with E-state index in [-0.39, 0.29) is 41.6 Å². The first-order valence-electron chi connectivity index (χ1n) is 14.7. The number of likely N-dealkylation sites (tertiary alicyclic amines) is 1. The molecule has 4 fully saturated rings. The molecule has 1 saturated carbocycles. The molecule has 0 aromatic rings. The molecule has 212 valence electrons. The number of carbonyl (C=O) groups is 3. The average Bonchev–Trinajstić information content (AvgIpc) is 3.51. The van der Waals surface area contributed by atoms with Crippen LogP contribution in [-0.4, -0.2) is 81.1 Å². The van der Waals surface area contributed by atoms with E-state index in [0.717, 1.165) is 57.8 Å². The minimum Gasteiger partial charge on any atom is -0.465 e. The van der Waals surface area contributed by atoms with Crippen LogP contribution in [0.4, 0.5) is 0 Å². The maximum absolute atomic E-state index is 14.6. The van der Waals surface area contributed by atoms with E-state index < -0.39 is 22.6 Å². The molecule has 2 bridgehead atoms. The smallest absolute Gasteiger partial charge is 0.310 e. The van der Waals surface area contributed by atoms with Gasteiger partial charge in [0.15, 0.2) is 0 Å². The van der Waals surface area contributed by atoms with Crippen LogP contribution in [0.15, 0.2) is 25.3 Å². The number of allylic oxidation sites excluding steroid dienone is 1. The summed E-state index contributed by atoms with van der Waals surface area (Å²) >= 11 is 1.71. The predicted molar refractivity (Wildman–Crippen MR) is 150 cm³/mol. The zero-order valence-corrected chi connectivity index (χ0v) is 23.8. The lowest BCUT2D eigenvalue weighted by Crippen LogP contribution is -2.59. The van der Waals surface area contributed by atoms with Gasteiger partial charge in [-0.1, -0.05) is 38.3 Å². The fraction of sp³-hybridized carbons (Fsp3) is 0.767. The van der Waals surface area contributed by atoms with Crippen molar-refractivity contribution < 1.29 is 24.2 Å². The number of amides is 2. The number of carbonyl (C=O) groups excluding carboxylic acids is 3. The summed E-state index contributed by atoms with van der Waals surface area (Å²) < 4.78 is 5.07. The van der Waals surface area contributed by atoms with E-state index in [1.165, 1.54) is 6.42 Å². The third-order valence-electron chi connectivity index (χ3n) is 9.23. The topological polar surface area (TPSA) is 87.2 Å². The second kappa shape index (κ2) is 13.0. The average molecular weight is 547 g/mol. The standard InChI is InChI=1S/C30H46N2O5S/c1-4-6-13-19-37-29(36)24-23-20-21(3)30(38-23)25(24)27(34)32(17-11-8-12-18-33)26(30)28(35)31(16-5-2)22-14-9-7-10-15-22/h4-5,21-26,33H,1-2,6-20H2,3H3/t21?,23-,24+,25-,26?,30?/m0/s1. The number of aliphatic hydroxyl groups excluding tert-OH is 1. The highest BCUT2D eigenvalue weighted by atomic mass is 32.2. The van der Waals surface area contributed by atoms with E-state index in [4.69, 9.17) is 4.74 Å². The molecular weight excluding hydrogens is 500 g/mol. The number of thioether (sulfide) groups is 1. The van der Waals surface area contributed by atoms with Crippen molar-refractivity contribution in [1.82, 2.24) is 9.80 Å². The molecule has 3 unspecified atom stereocenters. The molecule has 4 aliphatic rings. The van der Waals surface area contributed by atoms with Gasteiger partial charge in [-0.3, -0.25) is 14.4 Å². The molecule has 38 heavy (non-hydrogen) atoms. The van der Waals surface area contributed by atoms with Gasteiger partial charge in [-0.15, -0.1) is 24.9 Å². The number of rotatable bonds is 14. The Hall–Kier alpha value is -1.80. The Morgan fingerprint density at radius 3 is 2.61 bits per heavy atom. The van der Waals surface area contributed by atoms with Gasteiger partial charge in [0.2, 0.25) is 11.8 Å². The zero-order chi connectivity index (χ0) is 27.3. The number of unbranched alkanes of at least 4 members (excludes halogenated alkanes) is 3. The molecule has 6 atom stereocenters. The second-order valence-corrected chi connectivity index (χ2v) is 13.1. The molecule has 3 aliphatic heterocycles. The molecule has 4 rings (SSSR count). The monoisotopic (exact) mass is 546 g/mol. The van der Waals surface area contributed by atoms with Gasteiger partial charge in [-0.2, -0.15) is 0 Å². The minimum atomic E-state index is -0.616. The summed E-state index contributed by atoms with van der Waals surface area (Å²) in [5, 5.41) is 9.27. The van der Waals surface area contributed by atoms with E-state index in [2.05, 4.69) is 20.1 Å². The molecule has 7 nitrogen and oxygen atoms in total. The van der Waals surface area contributed by atoms with Crippen molar-refractivity contribution in [3.05, 3.63) is 25.3 Å². The summed E-state index contributed by atoms with van der Waals surface area (Å²) in [6, 6.07) is -0.417. The van der Waals surface area contributed by atoms with Crippen LogP contribution >= 0.6 is 11.8 Å². The number of fused-ring (bicyclic) bond motifs is 1. The summed E-state index contributed by atoms with van der Waals surface area (Å²) in [6.45, 7) is 11.2. The van der Waals surface area contributed by atoms with Crippen molar-refractivity contribution in [1.29, 1.82) is 0 Å². The number of hydrogen-bond acceptors (Lipinski definition) is 6. The number of nitrogens with zero attached hydrogens (tertiary/aromatic N) is 2. The lowest BCUT2D eigenvalue weighted by molar-refractivity contribution is -0.154. The molecule has 3 heterocycles. The number of ether oxygens (including phenoxy) is 1. The summed E-state index contributed by atoms with van der Waals surface area (Å²) in [7, 11) is 0. The number of esters is 1. The molecular formula is C30H46N2O5S. The number of hydrogen-bond donors (Lipinski definition) is 1. The molecule has 2 amide bonds. The SMILES string of the molecule is C=CCCCOC(=O)[C@@H]1[C@@H]2CC(C)C3(S2)C(C(=O)N(CC=C)C2CCCCC2)N(CCCCCO)C(=O)[C@H]13. The fourth-order valence-corrected chi connectivity index (χ4v) is 9.89. The highest BCUT2D eigenvalue weighted by Crippen LogP contribution is 2.68. The van der Waals surface area contributed by atoms with Gasteiger partial charge in [0.1, 0.15) is 6.04 Å². The summed E-state index contributed by atoms with van der Waals surface area (Å²) in [4.78, 5) is 46.0. The van der Waals surface area contributed by atoms with Gasteiger partial charge in [0, 0.05) is 31.0 Å². The van der Waals surface area contributed by atoms with Crippen molar-refractivity contribution >= 4 is 29.5 Å². The van der Waals surface area contributed by atoms with Gasteiger partial charge in [0.25, 0.3) is 0 Å². The second-order valence-electron chi connectivity index (χ2n) is 11.5. The van der Waals surface area contributed by atoms with Crippen molar-refractivity contribution in [3.8, 4) is 0 Å². The summed E-state index contributed by atoms with van der Waals surface area (Å²) in [5.41, 5.74) is 0. The maximum atomic E-state index is 14.6. The third kappa shape index (κ3) is 5.32. The van der Waals surface area contributed by atoms with Crippen molar-refractivity contribution in [2.75, 3.05) is 26.3 Å². The van der Waals surface area contributed by atoms with Crippen LogP contribution in [-0.2, 0) is 19.1 Å². The van der Waals surface area contributed by atoms with Crippen LogP contribution in [0.25, 0.3) is 0 Å². The van der Waals surface area contributed by atoms with E-state index in [9.17, 15) is 19.5 Å². The van der Waals surface area contributed by atoms with Crippen LogP contribution in [0, 0.1) is 17.8 Å². The normalized spacial score (nSPS) is 32.3. The van der Waals surface area contributed by atoms with Crippen molar-refractivity contribution in [3.63, 3.8) is 0 Å². The molecule has 0 aromatic carbocycles. The van der Waals surface area contributed by atoms with E-state index in [0.29, 0.717) is 26.1 Å². The molecule has 0 aromatic heterocycles. The Bertz CT molecular complexity index is 890. The van der Waals surface area contributed by atoms with Crippen LogP contribution in [0.5, 0.6) is 0 Å². The zero-order valence-electron chi connectivity index (χ0n) is 23.0. The maximum Gasteiger partial charge on any atom is 0.310 e. The number of aliphatic hydroxyl groups is 1. The van der Waals surface area contributed by atoms with E-state index in [1.807, 2.05) is 15.9 Å². The van der Waals surface area contributed by atoms with Gasteiger partial charge in [-0.05, 0) is 57.3 Å². The third-order valence-corrected chi connectivity index (χ3v) is 11.3. The Labute approximate surface area is 232 Å². The predicted octanol–water partition coefficient (Wildman–Crippen LogP) is 4.34. The van der Waals surface area contributed by atoms with Gasteiger partial charge in [-0.25, -0.2) is 0 Å². The molecule has 1 spiro atoms. The van der Waals surface area contributed by atoms with Gasteiger partial charge in [0.05, 0.1) is 23.2 Å². The molecule has 3 saturated heterocycles. The first-order chi connectivity index (χ1) is 18.4. The quantitative estimate of drug-likeness (QED) is 0.198. The molecule has 1 aliphatic carbocycles. The molecule has 1 N–H and O–H groups in total. The van der Waals surface area contributed by atoms with Crippen LogP contribution in [0.1, 0.15) is 77.6 Å². The Kier molecular flexibility index (Phi) is 10.0. The van der Waals surface area contributed by atoms with Crippen LogP contribution in [0.2, 0.25) is 0 Å². The Morgan fingerprint density at radius 1 is 1.16 bits per heavy atom. The van der Waals surface area contributed by atoms with E-state index in [1.54, 1.807) is 17.8 Å². The largest absolute Gasteiger partial charge is 0.465 e. The summed E-state index contributed by atoms with van der Waals surface area (Å²) in [5.74, 6) is -1.23. The lowest BCUT2D eigenvalue weighted by atomic mass is 9.66. The van der Waals surface area contributed by atoms with Crippen LogP contribution < -0.4 is 0 Å². The minimum absolute atomic E-state index is 0.000211. The highest BCUT2D eigenvalue weighted by Gasteiger charge is 2.76. The van der Waals surface area contributed by atoms with Gasteiger partial charge >= 0.3 is 5.97 Å². The first kappa shape index (κ1) is 29.2. The van der Waals surface area contributed by atoms with Crippen molar-refractivity contribution in [2.45, 2.75) is 99.6 Å². The van der Waals surface area contributed by atoms with E-state index >= 15 is 0 Å². The Morgan fingerprint density at radius 2 is 1.92 bits per heavy atom. The van der Waals surface area contributed by atoms with Gasteiger partial charge < -0.3 is 19.6 Å². The highest BCUT2D eigenvalue weighted by molar-refractivity contribution is 8.02. The molecule has 0 radical (unpaired) electrons. The van der Waals surface area contributed by atoms with Crippen LogP contribution in [0.3, 0.4) is 0 Å². The lowest BCUT2D eigenvalue weighted by Gasteiger charge is -2.43. The summed E-state index contributed by atoms with van der Waals surface area (Å²) in [6.07, 6.45) is 13.5. The fourth-order valence-electron chi connectivity index (χ4n) is 7.48. The van der Waals surface area contributed by atoms with Crippen molar-refractivity contribution in [2.24, 2.45) is 17.8 Å².